The fourth-order valence-corrected chi connectivity index (χ4v) is 2.76. The molecule has 1 nitrogen and oxygen atoms in total. The van der Waals surface area contributed by atoms with Gasteiger partial charge in [0.25, 0.3) is 0 Å². The van der Waals surface area contributed by atoms with E-state index in [0.29, 0.717) is 0 Å². The minimum Gasteiger partial charge on any atom is -0.294 e. The van der Waals surface area contributed by atoms with E-state index in [9.17, 15) is 4.79 Å². The van der Waals surface area contributed by atoms with Crippen molar-refractivity contribution in [3.8, 4) is 0 Å². The Morgan fingerprint density at radius 3 is 2.59 bits per heavy atom. The van der Waals surface area contributed by atoms with Crippen LogP contribution in [-0.2, 0) is 12.8 Å². The minimum atomic E-state index is 0.156. The summed E-state index contributed by atoms with van der Waals surface area (Å²) >= 11 is 1.60. The maximum atomic E-state index is 11.2. The summed E-state index contributed by atoms with van der Waals surface area (Å²) in [5, 5.41) is 0. The van der Waals surface area contributed by atoms with Gasteiger partial charge in [0.05, 0.1) is 4.88 Å². The van der Waals surface area contributed by atoms with Crippen molar-refractivity contribution in [2.24, 2.45) is 0 Å². The number of aryl methyl sites for hydroxylation is 1. The van der Waals surface area contributed by atoms with Crippen LogP contribution in [0.4, 0.5) is 0 Å². The van der Waals surface area contributed by atoms with Crippen molar-refractivity contribution in [1.29, 1.82) is 0 Å². The van der Waals surface area contributed by atoms with E-state index in [1.165, 1.54) is 16.0 Å². The van der Waals surface area contributed by atoms with Crippen LogP contribution < -0.4 is 0 Å². The number of hydrogen-bond donors (Lipinski definition) is 0. The van der Waals surface area contributed by atoms with Crippen molar-refractivity contribution in [3.05, 3.63) is 57.3 Å². The number of ketones is 1. The van der Waals surface area contributed by atoms with Crippen LogP contribution in [0.1, 0.15) is 39.5 Å². The lowest BCUT2D eigenvalue weighted by atomic mass is 10.1. The van der Waals surface area contributed by atoms with Crippen LogP contribution in [0.5, 0.6) is 0 Å². The number of benzene rings is 1. The number of carbonyl (C=O) groups is 1. The second-order valence-corrected chi connectivity index (χ2v) is 5.34. The van der Waals surface area contributed by atoms with Crippen molar-refractivity contribution in [1.82, 2.24) is 0 Å². The van der Waals surface area contributed by atoms with Gasteiger partial charge in [-0.05, 0) is 36.6 Å². The summed E-state index contributed by atoms with van der Waals surface area (Å²) in [5.74, 6) is 0.156. The molecule has 0 N–H and O–H groups in total. The Balaban J connectivity index is 2.16. The molecule has 0 radical (unpaired) electrons. The maximum Gasteiger partial charge on any atom is 0.169 e. The molecule has 0 bridgehead atoms. The number of thiophene rings is 1. The highest BCUT2D eigenvalue weighted by Crippen LogP contribution is 2.20. The normalized spacial score (nSPS) is 10.5. The summed E-state index contributed by atoms with van der Waals surface area (Å²) in [6, 6.07) is 12.6. The molecule has 0 fully saturated rings. The summed E-state index contributed by atoms with van der Waals surface area (Å²) < 4.78 is 0. The van der Waals surface area contributed by atoms with E-state index in [-0.39, 0.29) is 5.78 Å². The summed E-state index contributed by atoms with van der Waals surface area (Å²) in [4.78, 5) is 13.3. The van der Waals surface area contributed by atoms with Gasteiger partial charge in [-0.25, -0.2) is 0 Å². The van der Waals surface area contributed by atoms with Crippen LogP contribution in [0.25, 0.3) is 0 Å². The molecule has 1 aromatic carbocycles. The van der Waals surface area contributed by atoms with Gasteiger partial charge in [0.15, 0.2) is 5.78 Å². The van der Waals surface area contributed by atoms with Crippen molar-refractivity contribution in [2.75, 3.05) is 0 Å². The highest BCUT2D eigenvalue weighted by atomic mass is 32.1. The molecule has 0 atom stereocenters. The van der Waals surface area contributed by atoms with Gasteiger partial charge >= 0.3 is 0 Å². The molecule has 2 heteroatoms. The van der Waals surface area contributed by atoms with Crippen LogP contribution >= 0.6 is 11.3 Å². The highest BCUT2D eigenvalue weighted by Gasteiger charge is 2.05. The topological polar surface area (TPSA) is 17.1 Å². The van der Waals surface area contributed by atoms with E-state index in [1.807, 2.05) is 6.07 Å². The van der Waals surface area contributed by atoms with Crippen molar-refractivity contribution >= 4 is 17.1 Å². The van der Waals surface area contributed by atoms with Crippen LogP contribution in [0.15, 0.2) is 36.4 Å². The molecule has 0 aliphatic rings. The molecule has 0 amide bonds. The summed E-state index contributed by atoms with van der Waals surface area (Å²) in [5.41, 5.74) is 2.69. The first kappa shape index (κ1) is 12.1. The zero-order chi connectivity index (χ0) is 12.3. The lowest BCUT2D eigenvalue weighted by molar-refractivity contribution is 0.102. The van der Waals surface area contributed by atoms with E-state index < -0.39 is 0 Å². The lowest BCUT2D eigenvalue weighted by Crippen LogP contribution is -1.87. The van der Waals surface area contributed by atoms with Crippen LogP contribution in [0, 0.1) is 0 Å². The van der Waals surface area contributed by atoms with Crippen LogP contribution in [0.3, 0.4) is 0 Å². The van der Waals surface area contributed by atoms with Gasteiger partial charge in [0.2, 0.25) is 0 Å². The average molecular weight is 244 g/mol. The van der Waals surface area contributed by atoms with Gasteiger partial charge in [-0.1, -0.05) is 31.2 Å². The van der Waals surface area contributed by atoms with E-state index in [1.54, 1.807) is 18.3 Å². The minimum absolute atomic E-state index is 0.156. The predicted molar refractivity (Wildman–Crippen MR) is 72.9 cm³/mol. The first-order chi connectivity index (χ1) is 8.19. The van der Waals surface area contributed by atoms with Crippen LogP contribution in [0.2, 0.25) is 0 Å². The fourth-order valence-electron chi connectivity index (χ4n) is 1.82. The molecule has 0 unspecified atom stereocenters. The standard InChI is InChI=1S/C15H16OS/c1-3-12-5-4-6-13(9-12)10-14-7-8-15(17-14)11(2)16/h4-9H,3,10H2,1-2H3. The van der Waals surface area contributed by atoms with Gasteiger partial charge in [-0.2, -0.15) is 0 Å². The molecular formula is C15H16OS. The van der Waals surface area contributed by atoms with E-state index >= 15 is 0 Å². The molecule has 0 spiro atoms. The predicted octanol–water partition coefficient (Wildman–Crippen LogP) is 4.10. The highest BCUT2D eigenvalue weighted by molar-refractivity contribution is 7.14. The maximum absolute atomic E-state index is 11.2. The Labute approximate surface area is 106 Å². The smallest absolute Gasteiger partial charge is 0.169 e. The quantitative estimate of drug-likeness (QED) is 0.740. The number of rotatable bonds is 4. The molecule has 2 rings (SSSR count). The van der Waals surface area contributed by atoms with Gasteiger partial charge in [0.1, 0.15) is 0 Å². The first-order valence-corrected chi connectivity index (χ1v) is 6.68. The third-order valence-corrected chi connectivity index (χ3v) is 3.97. The molecule has 88 valence electrons. The average Bonchev–Trinajstić information content (AvgIpc) is 2.78. The molecule has 2 aromatic rings. The molecule has 0 saturated carbocycles. The first-order valence-electron chi connectivity index (χ1n) is 5.86. The molecule has 17 heavy (non-hydrogen) atoms. The van der Waals surface area contributed by atoms with E-state index in [4.69, 9.17) is 0 Å². The Bertz CT molecular complexity index is 525. The number of carbonyl (C=O) groups excluding carboxylic acids is 1. The Morgan fingerprint density at radius 1 is 1.18 bits per heavy atom. The third-order valence-electron chi connectivity index (χ3n) is 2.79. The summed E-state index contributed by atoms with van der Waals surface area (Å²) in [6.45, 7) is 3.78. The third kappa shape index (κ3) is 3.04. The van der Waals surface area contributed by atoms with Crippen molar-refractivity contribution < 1.29 is 4.79 Å². The van der Waals surface area contributed by atoms with Crippen molar-refractivity contribution in [2.45, 2.75) is 26.7 Å². The fraction of sp³-hybridized carbons (Fsp3) is 0.267. The second kappa shape index (κ2) is 5.28. The SMILES string of the molecule is CCc1cccc(Cc2ccc(C(C)=O)s2)c1. The summed E-state index contributed by atoms with van der Waals surface area (Å²) in [7, 11) is 0. The van der Waals surface area contributed by atoms with Gasteiger partial charge in [-0.3, -0.25) is 4.79 Å². The zero-order valence-corrected chi connectivity index (χ0v) is 11.0. The monoisotopic (exact) mass is 244 g/mol. The Hall–Kier alpha value is -1.41. The van der Waals surface area contributed by atoms with Gasteiger partial charge < -0.3 is 0 Å². The van der Waals surface area contributed by atoms with Gasteiger partial charge in [-0.15, -0.1) is 11.3 Å². The van der Waals surface area contributed by atoms with Crippen molar-refractivity contribution in [3.63, 3.8) is 0 Å². The Kier molecular flexibility index (Phi) is 3.75. The van der Waals surface area contributed by atoms with Gasteiger partial charge in [0, 0.05) is 11.3 Å². The molecule has 0 aliphatic heterocycles. The molecule has 1 heterocycles. The number of Topliss-reactive ketones (excluding diaryl/α,β-unsaturated/α-hetero) is 1. The largest absolute Gasteiger partial charge is 0.294 e. The summed E-state index contributed by atoms with van der Waals surface area (Å²) in [6.07, 6.45) is 1.99. The van der Waals surface area contributed by atoms with E-state index in [2.05, 4.69) is 37.3 Å². The molecule has 0 aliphatic carbocycles. The van der Waals surface area contributed by atoms with E-state index in [0.717, 1.165) is 17.7 Å². The van der Waals surface area contributed by atoms with Crippen LogP contribution in [-0.4, -0.2) is 5.78 Å². The number of hydrogen-bond acceptors (Lipinski definition) is 2. The molecule has 0 saturated heterocycles. The zero-order valence-electron chi connectivity index (χ0n) is 10.2. The Morgan fingerprint density at radius 2 is 1.94 bits per heavy atom. The molecular weight excluding hydrogens is 228 g/mol. The lowest BCUT2D eigenvalue weighted by Gasteiger charge is -2.01. The second-order valence-electron chi connectivity index (χ2n) is 4.17. The molecule has 1 aromatic heterocycles.